The van der Waals surface area contributed by atoms with Crippen molar-refractivity contribution in [1.82, 2.24) is 15.2 Å². The van der Waals surface area contributed by atoms with Crippen LogP contribution in [0.15, 0.2) is 42.5 Å². The van der Waals surface area contributed by atoms with Gasteiger partial charge in [-0.2, -0.15) is 17.0 Å². The number of likely N-dealkylation sites (tertiary alicyclic amines) is 1. The first kappa shape index (κ1) is 19.4. The fraction of sp³-hybridized carbons (Fsp3) is 0.381. The number of carbonyl (C=O) groups excluding carboxylic acids is 1. The van der Waals surface area contributed by atoms with Crippen molar-refractivity contribution in [3.05, 3.63) is 53.7 Å². The quantitative estimate of drug-likeness (QED) is 0.834. The van der Waals surface area contributed by atoms with Gasteiger partial charge in [-0.3, -0.25) is 4.79 Å². The third-order valence-electron chi connectivity index (χ3n) is 4.82. The van der Waals surface area contributed by atoms with E-state index in [0.29, 0.717) is 17.0 Å². The van der Waals surface area contributed by atoms with Gasteiger partial charge in [0.1, 0.15) is 11.8 Å². The van der Waals surface area contributed by atoms with E-state index < -0.39 is 0 Å². The number of aromatic nitrogens is 1. The molecule has 1 aromatic heterocycles. The molecule has 140 valence electrons. The molecule has 0 bridgehead atoms. The number of thioether (sulfide) groups is 1. The van der Waals surface area contributed by atoms with E-state index in [1.807, 2.05) is 48.2 Å². The molecule has 1 saturated heterocycles. The summed E-state index contributed by atoms with van der Waals surface area (Å²) in [5, 5.41) is 12.2. The van der Waals surface area contributed by atoms with Crippen LogP contribution in [0.25, 0.3) is 11.3 Å². The molecule has 3 rings (SSSR count). The van der Waals surface area contributed by atoms with E-state index in [1.54, 1.807) is 12.1 Å². The summed E-state index contributed by atoms with van der Waals surface area (Å²) < 4.78 is 0. The van der Waals surface area contributed by atoms with Crippen LogP contribution in [0.2, 0.25) is 0 Å². The second-order valence-electron chi connectivity index (χ2n) is 6.68. The van der Waals surface area contributed by atoms with E-state index in [4.69, 9.17) is 5.26 Å². The molecule has 0 aliphatic carbocycles. The molecule has 1 aliphatic rings. The summed E-state index contributed by atoms with van der Waals surface area (Å²) in [6.07, 6.45) is 4.12. The van der Waals surface area contributed by atoms with Gasteiger partial charge < -0.3 is 10.2 Å². The summed E-state index contributed by atoms with van der Waals surface area (Å²) in [6.45, 7) is 3.20. The number of rotatable bonds is 6. The molecule has 27 heavy (non-hydrogen) atoms. The van der Waals surface area contributed by atoms with Crippen LogP contribution in [0.3, 0.4) is 0 Å². The Hall–Kier alpha value is -2.36. The first-order valence-corrected chi connectivity index (χ1v) is 10.6. The van der Waals surface area contributed by atoms with Crippen LogP contribution in [-0.4, -0.2) is 53.5 Å². The zero-order valence-corrected chi connectivity index (χ0v) is 16.3. The summed E-state index contributed by atoms with van der Waals surface area (Å²) >= 11 is 1.87. The van der Waals surface area contributed by atoms with Gasteiger partial charge in [0, 0.05) is 42.6 Å². The molecular formula is C21H24N4OS. The fourth-order valence-electron chi connectivity index (χ4n) is 3.27. The molecule has 0 radical (unpaired) electrons. The predicted octanol–water partition coefficient (Wildman–Crippen LogP) is 3.18. The van der Waals surface area contributed by atoms with Gasteiger partial charge in [-0.05, 0) is 43.4 Å². The maximum atomic E-state index is 12.7. The molecule has 1 fully saturated rings. The third kappa shape index (κ3) is 5.31. The van der Waals surface area contributed by atoms with E-state index in [-0.39, 0.29) is 11.9 Å². The summed E-state index contributed by atoms with van der Waals surface area (Å²) in [6, 6.07) is 15.0. The van der Waals surface area contributed by atoms with Crippen molar-refractivity contribution >= 4 is 17.7 Å². The van der Waals surface area contributed by atoms with Crippen LogP contribution in [-0.2, 0) is 0 Å². The molecule has 1 aliphatic heterocycles. The number of amides is 1. The zero-order valence-electron chi connectivity index (χ0n) is 15.5. The normalized spacial score (nSPS) is 15.3. The molecular weight excluding hydrogens is 356 g/mol. The Morgan fingerprint density at radius 3 is 2.81 bits per heavy atom. The van der Waals surface area contributed by atoms with Crippen LogP contribution in [0, 0.1) is 11.3 Å². The van der Waals surface area contributed by atoms with Crippen molar-refractivity contribution in [2.24, 2.45) is 0 Å². The number of nitrogens with zero attached hydrogens (tertiary/aromatic N) is 3. The Balaban J connectivity index is 1.62. The van der Waals surface area contributed by atoms with Gasteiger partial charge in [0.15, 0.2) is 0 Å². The van der Waals surface area contributed by atoms with E-state index in [2.05, 4.69) is 21.5 Å². The Bertz CT molecular complexity index is 825. The Kier molecular flexibility index (Phi) is 6.86. The van der Waals surface area contributed by atoms with Gasteiger partial charge in [0.25, 0.3) is 5.91 Å². The highest BCUT2D eigenvalue weighted by atomic mass is 32.2. The van der Waals surface area contributed by atoms with Gasteiger partial charge >= 0.3 is 0 Å². The predicted molar refractivity (Wildman–Crippen MR) is 110 cm³/mol. The topological polar surface area (TPSA) is 69.0 Å². The lowest BCUT2D eigenvalue weighted by Gasteiger charge is -2.32. The van der Waals surface area contributed by atoms with Crippen LogP contribution in [0.5, 0.6) is 0 Å². The van der Waals surface area contributed by atoms with Crippen LogP contribution < -0.4 is 5.32 Å². The van der Waals surface area contributed by atoms with Crippen LogP contribution in [0.4, 0.5) is 0 Å². The maximum Gasteiger partial charge on any atom is 0.251 e. The number of benzene rings is 1. The van der Waals surface area contributed by atoms with E-state index >= 15 is 0 Å². The molecule has 0 saturated carbocycles. The highest BCUT2D eigenvalue weighted by Gasteiger charge is 2.21. The number of hydrogen-bond acceptors (Lipinski definition) is 5. The standard InChI is InChI=1S/C21H24N4OS/c1-27-13-12-25-10-8-18(9-11-25)24-21(26)17-5-2-4-16(14-17)20-7-3-6-19(15-22)23-20/h2-7,14,18H,8-13H2,1H3,(H,24,26). The van der Waals surface area contributed by atoms with Gasteiger partial charge in [0.2, 0.25) is 0 Å². The van der Waals surface area contributed by atoms with Crippen molar-refractivity contribution in [2.75, 3.05) is 31.6 Å². The largest absolute Gasteiger partial charge is 0.349 e. The van der Waals surface area contributed by atoms with Crippen molar-refractivity contribution in [1.29, 1.82) is 5.26 Å². The van der Waals surface area contributed by atoms with Crippen molar-refractivity contribution in [3.8, 4) is 17.3 Å². The molecule has 0 atom stereocenters. The average Bonchev–Trinajstić information content (AvgIpc) is 2.73. The highest BCUT2D eigenvalue weighted by Crippen LogP contribution is 2.19. The van der Waals surface area contributed by atoms with Crippen molar-refractivity contribution in [2.45, 2.75) is 18.9 Å². The Labute approximate surface area is 164 Å². The van der Waals surface area contributed by atoms with Crippen molar-refractivity contribution in [3.63, 3.8) is 0 Å². The molecule has 0 unspecified atom stereocenters. The second kappa shape index (κ2) is 9.54. The number of piperidine rings is 1. The minimum atomic E-state index is -0.0455. The second-order valence-corrected chi connectivity index (χ2v) is 7.67. The minimum Gasteiger partial charge on any atom is -0.349 e. The first-order chi connectivity index (χ1) is 13.2. The van der Waals surface area contributed by atoms with E-state index in [1.165, 1.54) is 0 Å². The third-order valence-corrected chi connectivity index (χ3v) is 5.41. The number of pyridine rings is 1. The first-order valence-electron chi connectivity index (χ1n) is 9.19. The van der Waals surface area contributed by atoms with Gasteiger partial charge in [-0.15, -0.1) is 0 Å². The molecule has 0 spiro atoms. The molecule has 1 N–H and O–H groups in total. The molecule has 1 amide bonds. The molecule has 6 heteroatoms. The zero-order chi connectivity index (χ0) is 19.1. The van der Waals surface area contributed by atoms with Crippen LogP contribution in [0.1, 0.15) is 28.9 Å². The number of nitriles is 1. The lowest BCUT2D eigenvalue weighted by Crippen LogP contribution is -2.45. The molecule has 1 aromatic carbocycles. The summed E-state index contributed by atoms with van der Waals surface area (Å²) in [5.74, 6) is 1.11. The molecule has 5 nitrogen and oxygen atoms in total. The number of hydrogen-bond donors (Lipinski definition) is 1. The van der Waals surface area contributed by atoms with Gasteiger partial charge in [-0.1, -0.05) is 18.2 Å². The lowest BCUT2D eigenvalue weighted by molar-refractivity contribution is 0.0913. The SMILES string of the molecule is CSCCN1CCC(NC(=O)c2cccc(-c3cccc(C#N)n3)c2)CC1. The van der Waals surface area contributed by atoms with Gasteiger partial charge in [-0.25, -0.2) is 4.98 Å². The highest BCUT2D eigenvalue weighted by molar-refractivity contribution is 7.98. The maximum absolute atomic E-state index is 12.7. The summed E-state index contributed by atoms with van der Waals surface area (Å²) in [4.78, 5) is 19.4. The molecule has 2 aromatic rings. The Morgan fingerprint density at radius 2 is 2.07 bits per heavy atom. The monoisotopic (exact) mass is 380 g/mol. The Morgan fingerprint density at radius 1 is 1.30 bits per heavy atom. The van der Waals surface area contributed by atoms with E-state index in [9.17, 15) is 4.79 Å². The number of carbonyl (C=O) groups is 1. The average molecular weight is 381 g/mol. The van der Waals surface area contributed by atoms with Crippen molar-refractivity contribution < 1.29 is 4.79 Å². The fourth-order valence-corrected chi connectivity index (χ4v) is 3.71. The summed E-state index contributed by atoms with van der Waals surface area (Å²) in [5.41, 5.74) is 2.54. The summed E-state index contributed by atoms with van der Waals surface area (Å²) in [7, 11) is 0. The lowest BCUT2D eigenvalue weighted by atomic mass is 10.0. The van der Waals surface area contributed by atoms with Gasteiger partial charge in [0.05, 0.1) is 5.69 Å². The van der Waals surface area contributed by atoms with Crippen LogP contribution >= 0.6 is 11.8 Å². The smallest absolute Gasteiger partial charge is 0.251 e. The molecule has 2 heterocycles. The van der Waals surface area contributed by atoms with E-state index in [0.717, 1.165) is 43.8 Å². The minimum absolute atomic E-state index is 0.0455. The number of nitrogens with one attached hydrogen (secondary N) is 1.